The first-order chi connectivity index (χ1) is 1.00. The van der Waals surface area contributed by atoms with Crippen molar-refractivity contribution in [2.45, 2.75) is 0 Å². The second kappa shape index (κ2) is 30.5. The molecule has 0 spiro atoms. The first-order valence-corrected chi connectivity index (χ1v) is 2.70. The molecule has 5 heteroatoms. The summed E-state index contributed by atoms with van der Waals surface area (Å²) in [6, 6.07) is 0. The standard InChI is InChI=1S/Cu.Fe.Mn.H2P.Zn/h;;;1H2;/q;;+1;-1;. The zero-order valence-electron chi connectivity index (χ0n) is 2.32. The molecule has 0 rings (SSSR count). The maximum Gasteiger partial charge on any atom is 0 e. The maximum absolute atomic E-state index is 2.85. The summed E-state index contributed by atoms with van der Waals surface area (Å²) in [6.07, 6.45) is 0. The fourth-order valence-corrected chi connectivity index (χ4v) is 0. The minimum absolute atomic E-state index is 0. The Hall–Kier alpha value is 2.61. The van der Waals surface area contributed by atoms with Crippen molar-refractivity contribution >= 4 is 7.93 Å². The van der Waals surface area contributed by atoms with Crippen LogP contribution in [0.2, 0.25) is 0 Å². The Kier molecular flexibility index (Phi) is 156. The van der Waals surface area contributed by atoms with E-state index in [-0.39, 0.29) is 53.6 Å². The molecular formula is H2CuFeMnPZn. The molecule has 0 amide bonds. The summed E-state index contributed by atoms with van der Waals surface area (Å²) in [4.78, 5) is 0. The predicted octanol–water partition coefficient (Wildman–Crippen LogP) is 0.316. The molecule has 0 aliphatic carbocycles. The Morgan fingerprint density at radius 2 is 1.20 bits per heavy atom. The van der Waals surface area contributed by atoms with Crippen LogP contribution < -0.4 is 0 Å². The van der Waals surface area contributed by atoms with Gasteiger partial charge in [0, 0.05) is 53.6 Å². The number of hydrogen-bond acceptors (Lipinski definition) is 0. The third kappa shape index (κ3) is 20.6. The average molecular weight is 273 g/mol. The SMILES string of the molecule is [Cu].[Fe].[PH2][Mn].[Zn]. The van der Waals surface area contributed by atoms with Gasteiger partial charge in [-0.1, -0.05) is 0 Å². The van der Waals surface area contributed by atoms with Crippen molar-refractivity contribution in [2.24, 2.45) is 0 Å². The van der Waals surface area contributed by atoms with E-state index in [1.807, 2.05) is 0 Å². The summed E-state index contributed by atoms with van der Waals surface area (Å²) in [5.74, 6) is 0. The van der Waals surface area contributed by atoms with Crippen LogP contribution in [0.5, 0.6) is 0 Å². The Labute approximate surface area is 76.3 Å². The van der Waals surface area contributed by atoms with Gasteiger partial charge in [0.1, 0.15) is 0 Å². The van der Waals surface area contributed by atoms with E-state index in [4.69, 9.17) is 0 Å². The fourth-order valence-electron chi connectivity index (χ4n) is 0. The Morgan fingerprint density at radius 1 is 1.20 bits per heavy atom. The van der Waals surface area contributed by atoms with Crippen molar-refractivity contribution < 1.29 is 69.2 Å². The predicted molar refractivity (Wildman–Crippen MR) is 9.71 cm³/mol. The zero-order chi connectivity index (χ0) is 2.00. The molecule has 1 atom stereocenters. The second-order valence-electron chi connectivity index (χ2n) is 0. The third-order valence-corrected chi connectivity index (χ3v) is 0. The molecule has 0 heterocycles. The maximum atomic E-state index is 2.85. The van der Waals surface area contributed by atoms with Crippen LogP contribution in [-0.4, -0.2) is 0 Å². The molecule has 0 bridgehead atoms. The Morgan fingerprint density at radius 3 is 1.20 bits per heavy atom. The van der Waals surface area contributed by atoms with E-state index < -0.39 is 0 Å². The van der Waals surface area contributed by atoms with Gasteiger partial charge >= 0.3 is 23.5 Å². The summed E-state index contributed by atoms with van der Waals surface area (Å²) in [7, 11) is 2.23. The first-order valence-electron chi connectivity index (χ1n) is 0.218. The fraction of sp³-hybridized carbons (Fsp3) is 0. The largest absolute Gasteiger partial charge is 0 e. The van der Waals surface area contributed by atoms with Crippen LogP contribution in [0.4, 0.5) is 0 Å². The van der Waals surface area contributed by atoms with Crippen LogP contribution >= 0.6 is 7.93 Å². The van der Waals surface area contributed by atoms with Gasteiger partial charge in [-0.2, -0.15) is 0 Å². The van der Waals surface area contributed by atoms with Gasteiger partial charge in [-0.3, -0.25) is 0 Å². The van der Waals surface area contributed by atoms with Crippen molar-refractivity contribution in [3.63, 3.8) is 0 Å². The van der Waals surface area contributed by atoms with Crippen molar-refractivity contribution in [3.05, 3.63) is 0 Å². The van der Waals surface area contributed by atoms with Crippen LogP contribution in [0, 0.1) is 0 Å². The topological polar surface area (TPSA) is 0 Å². The van der Waals surface area contributed by atoms with Gasteiger partial charge < -0.3 is 0 Å². The van der Waals surface area contributed by atoms with E-state index in [9.17, 15) is 0 Å². The summed E-state index contributed by atoms with van der Waals surface area (Å²) in [5, 5.41) is 0. The molecule has 1 radical (unpaired) electrons. The van der Waals surface area contributed by atoms with Gasteiger partial charge in [-0.15, -0.1) is 0 Å². The van der Waals surface area contributed by atoms with Gasteiger partial charge in [0.05, 0.1) is 0 Å². The zero-order valence-corrected chi connectivity index (χ0v) is 9.67. The quantitative estimate of drug-likeness (QED) is 0.440. The van der Waals surface area contributed by atoms with Gasteiger partial charge in [0.15, 0.2) is 0 Å². The van der Waals surface area contributed by atoms with E-state index in [0.717, 1.165) is 0 Å². The summed E-state index contributed by atoms with van der Waals surface area (Å²) in [6.45, 7) is 0. The number of rotatable bonds is 0. The molecule has 0 aromatic heterocycles. The number of hydrogen-bond donors (Lipinski definition) is 0. The van der Waals surface area contributed by atoms with Crippen LogP contribution in [-0.2, 0) is 69.2 Å². The minimum Gasteiger partial charge on any atom is 0 e. The minimum atomic E-state index is 0. The molecule has 1 unspecified atom stereocenters. The molecule has 35 valence electrons. The van der Waals surface area contributed by atoms with E-state index in [0.29, 0.717) is 0 Å². The van der Waals surface area contributed by atoms with Gasteiger partial charge in [0.25, 0.3) is 0 Å². The molecule has 5 heavy (non-hydrogen) atoms. The monoisotopic (exact) mass is 271 g/mol. The van der Waals surface area contributed by atoms with Gasteiger partial charge in [-0.25, -0.2) is 0 Å². The van der Waals surface area contributed by atoms with Crippen LogP contribution in [0.3, 0.4) is 0 Å². The van der Waals surface area contributed by atoms with E-state index in [1.54, 1.807) is 0 Å². The molecule has 0 N–H and O–H groups in total. The Balaban J connectivity index is -0.00000000167. The van der Waals surface area contributed by atoms with E-state index in [1.165, 1.54) is 0 Å². The molecule has 0 saturated heterocycles. The van der Waals surface area contributed by atoms with Crippen LogP contribution in [0.25, 0.3) is 0 Å². The van der Waals surface area contributed by atoms with Gasteiger partial charge in [0.2, 0.25) is 0 Å². The van der Waals surface area contributed by atoms with E-state index >= 15 is 0 Å². The average Bonchev–Trinajstić information content (AvgIpc) is 1.00. The van der Waals surface area contributed by atoms with Crippen molar-refractivity contribution in [2.75, 3.05) is 0 Å². The molecular weight excluding hydrogens is 271 g/mol. The van der Waals surface area contributed by atoms with Gasteiger partial charge in [-0.05, 0) is 0 Å². The normalized spacial score (nSPS) is 1.20. The van der Waals surface area contributed by atoms with Crippen molar-refractivity contribution in [3.8, 4) is 0 Å². The van der Waals surface area contributed by atoms with Crippen molar-refractivity contribution in [1.82, 2.24) is 0 Å². The Bertz CT molecular complexity index is 11.6. The molecule has 0 aromatic carbocycles. The van der Waals surface area contributed by atoms with Crippen molar-refractivity contribution in [1.29, 1.82) is 0 Å². The smallest absolute Gasteiger partial charge is 0 e. The molecule has 0 aliphatic heterocycles. The molecule has 0 nitrogen and oxygen atoms in total. The summed E-state index contributed by atoms with van der Waals surface area (Å²) < 4.78 is 0. The van der Waals surface area contributed by atoms with Crippen LogP contribution in [0.15, 0.2) is 0 Å². The first kappa shape index (κ1) is 25.5. The second-order valence-corrected chi connectivity index (χ2v) is 0. The molecule has 0 fully saturated rings. The van der Waals surface area contributed by atoms with Crippen LogP contribution in [0.1, 0.15) is 0 Å². The van der Waals surface area contributed by atoms with E-state index in [2.05, 4.69) is 23.5 Å². The molecule has 0 saturated carbocycles. The summed E-state index contributed by atoms with van der Waals surface area (Å²) >= 11 is 2.85. The molecule has 0 aromatic rings. The third-order valence-electron chi connectivity index (χ3n) is 0. The molecule has 0 aliphatic rings. The summed E-state index contributed by atoms with van der Waals surface area (Å²) in [5.41, 5.74) is 0.